The van der Waals surface area contributed by atoms with E-state index < -0.39 is 41.3 Å². The summed E-state index contributed by atoms with van der Waals surface area (Å²) in [6, 6.07) is 7.18. The van der Waals surface area contributed by atoms with Gasteiger partial charge in [0.2, 0.25) is 11.8 Å². The van der Waals surface area contributed by atoms with Gasteiger partial charge < -0.3 is 39.4 Å². The number of rotatable bonds is 9. The Morgan fingerprint density at radius 1 is 1.08 bits per heavy atom. The first-order valence-corrected chi connectivity index (χ1v) is 24.1. The number of urea groups is 1. The number of carbonyl (C=O) groups excluding carboxylic acids is 5. The Balaban J connectivity index is 1.13. The molecule has 6 bridgehead atoms. The van der Waals surface area contributed by atoms with Crippen molar-refractivity contribution in [2.45, 2.75) is 104 Å². The third-order valence-electron chi connectivity index (χ3n) is 13.3. The molecule has 3 saturated heterocycles. The van der Waals surface area contributed by atoms with E-state index in [1.165, 1.54) is 21.2 Å². The minimum atomic E-state index is -1.08. The number of aromatic nitrogens is 3. The van der Waals surface area contributed by atoms with Crippen molar-refractivity contribution < 1.29 is 33.4 Å². The molecule has 4 aromatic rings. The number of nitrogens with one attached hydrogen (secondary N) is 3. The zero-order valence-electron chi connectivity index (χ0n) is 39.4. The molecule has 18 heteroatoms. The summed E-state index contributed by atoms with van der Waals surface area (Å²) in [5.74, 6) is -1.61. The Bertz CT molecular complexity index is 2470. The monoisotopic (exact) mass is 924 g/mol. The van der Waals surface area contributed by atoms with E-state index in [1.54, 1.807) is 30.2 Å². The van der Waals surface area contributed by atoms with Gasteiger partial charge in [-0.3, -0.25) is 29.2 Å². The van der Waals surface area contributed by atoms with Crippen LogP contribution < -0.4 is 16.1 Å². The number of pyridine rings is 1. The maximum Gasteiger partial charge on any atom is 0.324 e. The molecular weight excluding hydrogens is 861 g/mol. The number of piperazine rings is 1. The van der Waals surface area contributed by atoms with E-state index in [0.29, 0.717) is 70.1 Å². The molecule has 354 valence electrons. The lowest BCUT2D eigenvalue weighted by Gasteiger charge is -2.39. The fourth-order valence-corrected chi connectivity index (χ4v) is 10.5. The molecule has 0 radical (unpaired) electrons. The molecule has 0 aliphatic carbocycles. The van der Waals surface area contributed by atoms with Crippen molar-refractivity contribution in [2.75, 3.05) is 60.0 Å². The molecule has 3 aromatic heterocycles. The summed E-state index contributed by atoms with van der Waals surface area (Å²) in [6.45, 7) is 15.4. The van der Waals surface area contributed by atoms with Crippen molar-refractivity contribution in [3.8, 4) is 22.5 Å². The predicted octanol–water partition coefficient (Wildman–Crippen LogP) is 4.39. The molecule has 4 aliphatic heterocycles. The topological polar surface area (TPSA) is 193 Å². The van der Waals surface area contributed by atoms with Crippen LogP contribution >= 0.6 is 11.3 Å². The lowest BCUT2D eigenvalue weighted by atomic mass is 9.84. The number of benzene rings is 1. The molecule has 0 unspecified atom stereocenters. The van der Waals surface area contributed by atoms with E-state index in [-0.39, 0.29) is 43.0 Å². The van der Waals surface area contributed by atoms with Crippen LogP contribution in [0.4, 0.5) is 4.79 Å². The number of hydrogen-bond acceptors (Lipinski definition) is 12. The average molecular weight is 925 g/mol. The molecule has 0 saturated carbocycles. The highest BCUT2D eigenvalue weighted by molar-refractivity contribution is 7.10. The van der Waals surface area contributed by atoms with Gasteiger partial charge in [-0.25, -0.2) is 15.2 Å². The van der Waals surface area contributed by atoms with Crippen LogP contribution in [0.2, 0.25) is 0 Å². The van der Waals surface area contributed by atoms with E-state index in [1.807, 2.05) is 32.2 Å². The molecule has 1 aromatic carbocycles. The van der Waals surface area contributed by atoms with E-state index in [2.05, 4.69) is 65.7 Å². The summed E-state index contributed by atoms with van der Waals surface area (Å²) in [4.78, 5) is 84.4. The number of carbonyl (C=O) groups is 5. The van der Waals surface area contributed by atoms with Gasteiger partial charge in [0.1, 0.15) is 18.1 Å². The quantitative estimate of drug-likeness (QED) is 0.159. The first-order valence-electron chi connectivity index (χ1n) is 23.3. The highest BCUT2D eigenvalue weighted by atomic mass is 32.1. The van der Waals surface area contributed by atoms with Gasteiger partial charge in [-0.05, 0) is 68.9 Å². The van der Waals surface area contributed by atoms with E-state index >= 15 is 0 Å². The van der Waals surface area contributed by atoms with Gasteiger partial charge in [-0.2, -0.15) is 0 Å². The minimum absolute atomic E-state index is 0.0477. The number of esters is 1. The fourth-order valence-electron chi connectivity index (χ4n) is 9.66. The maximum atomic E-state index is 14.6. The Kier molecular flexibility index (Phi) is 13.9. The number of cyclic esters (lactones) is 1. The number of methoxy groups -OCH3 is 1. The second-order valence-corrected chi connectivity index (χ2v) is 20.1. The largest absolute Gasteiger partial charge is 0.464 e. The van der Waals surface area contributed by atoms with Crippen LogP contribution in [0.15, 0.2) is 41.9 Å². The van der Waals surface area contributed by atoms with E-state index in [0.717, 1.165) is 44.7 Å². The predicted molar refractivity (Wildman–Crippen MR) is 251 cm³/mol. The summed E-state index contributed by atoms with van der Waals surface area (Å²) in [6.07, 6.45) is 3.20. The Labute approximate surface area is 390 Å². The fraction of sp³-hybridized carbons (Fsp3) is 0.562. The number of fused-ring (bicyclic) bond motifs is 6. The van der Waals surface area contributed by atoms with Crippen LogP contribution in [0.5, 0.6) is 0 Å². The molecule has 8 rings (SSSR count). The molecular formula is C48H64N10O7S. The maximum absolute atomic E-state index is 14.6. The van der Waals surface area contributed by atoms with Gasteiger partial charge in [-0.1, -0.05) is 33.8 Å². The van der Waals surface area contributed by atoms with Gasteiger partial charge in [0.15, 0.2) is 0 Å². The lowest BCUT2D eigenvalue weighted by molar-refractivity contribution is -0.155. The van der Waals surface area contributed by atoms with Crippen LogP contribution in [-0.4, -0.2) is 148 Å². The number of amides is 5. The van der Waals surface area contributed by atoms with Gasteiger partial charge in [0.25, 0.3) is 5.91 Å². The van der Waals surface area contributed by atoms with Crippen LogP contribution in [0.3, 0.4) is 0 Å². The Hall–Kier alpha value is -5.43. The molecule has 7 heterocycles. The highest BCUT2D eigenvalue weighted by Crippen LogP contribution is 2.42. The highest BCUT2D eigenvalue weighted by Gasteiger charge is 2.40. The number of likely N-dealkylation sites (N-methyl/N-ethyl adjacent to an activating group) is 1. The second-order valence-electron chi connectivity index (χ2n) is 19.1. The van der Waals surface area contributed by atoms with Gasteiger partial charge in [-0.15, -0.1) is 11.3 Å². The van der Waals surface area contributed by atoms with Crippen molar-refractivity contribution in [1.82, 2.24) is 50.3 Å². The molecule has 17 nitrogen and oxygen atoms in total. The summed E-state index contributed by atoms with van der Waals surface area (Å²) in [5, 5.41) is 11.2. The first-order chi connectivity index (χ1) is 31.6. The smallest absolute Gasteiger partial charge is 0.324 e. The number of thiazole rings is 1. The van der Waals surface area contributed by atoms with Crippen LogP contribution in [0.25, 0.3) is 33.4 Å². The Morgan fingerprint density at radius 3 is 2.52 bits per heavy atom. The normalized spacial score (nSPS) is 22.1. The van der Waals surface area contributed by atoms with Gasteiger partial charge in [0, 0.05) is 105 Å². The van der Waals surface area contributed by atoms with Gasteiger partial charge >= 0.3 is 12.0 Å². The third kappa shape index (κ3) is 9.69. The third-order valence-corrected chi connectivity index (χ3v) is 14.2. The average Bonchev–Trinajstić information content (AvgIpc) is 3.99. The zero-order valence-corrected chi connectivity index (χ0v) is 40.2. The number of hydrogen-bond donors (Lipinski definition) is 3. The number of hydrazine groups is 1. The van der Waals surface area contributed by atoms with Crippen molar-refractivity contribution in [2.24, 2.45) is 11.3 Å². The van der Waals surface area contributed by atoms with Crippen molar-refractivity contribution in [1.29, 1.82) is 0 Å². The van der Waals surface area contributed by atoms with E-state index in [9.17, 15) is 24.0 Å². The molecule has 4 aliphatic rings. The van der Waals surface area contributed by atoms with Crippen molar-refractivity contribution in [3.63, 3.8) is 0 Å². The number of ether oxygens (including phenoxy) is 2. The molecule has 3 fully saturated rings. The van der Waals surface area contributed by atoms with Crippen LogP contribution in [-0.2, 0) is 48.0 Å². The van der Waals surface area contributed by atoms with Crippen LogP contribution in [0.1, 0.15) is 76.8 Å². The standard InChI is InChI=1S/C48H64N10O7S/c1-9-57-38-15-14-30-22-32(38)33(42(57)31-12-10-16-49-40(31)29(4)64-8)24-48(5,6)27-65-46(62)34-13-11-17-58(53-34)45(61)35(23-39-51-37(30)26-66-39)52-43(59)41(28(2)3)54(7)47(63)56-20-18-55(19-21-56)44(60)36-25-50-36/h10,12,14-16,22,26,28-29,34-36,41,50,53H,9,11,13,17-21,23-25,27H2,1-8H3,(H,52,59)/t29-,34-,35-,36-,41-/m0/s1. The number of nitrogens with zero attached hydrogens (tertiary/aromatic N) is 7. The van der Waals surface area contributed by atoms with Crippen molar-refractivity contribution in [3.05, 3.63) is 58.2 Å². The Morgan fingerprint density at radius 2 is 1.82 bits per heavy atom. The molecule has 5 atom stereocenters. The first kappa shape index (κ1) is 47.1. The van der Waals surface area contributed by atoms with Crippen molar-refractivity contribution >= 4 is 52.0 Å². The molecule has 5 amide bonds. The minimum Gasteiger partial charge on any atom is -0.464 e. The van der Waals surface area contributed by atoms with E-state index in [4.69, 9.17) is 19.4 Å². The zero-order chi connectivity index (χ0) is 47.0. The summed E-state index contributed by atoms with van der Waals surface area (Å²) >= 11 is 1.41. The number of aryl methyl sites for hydroxylation is 1. The summed E-state index contributed by atoms with van der Waals surface area (Å²) in [5.41, 5.74) is 9.28. The molecule has 66 heavy (non-hydrogen) atoms. The van der Waals surface area contributed by atoms with Gasteiger partial charge in [0.05, 0.1) is 40.8 Å². The molecule has 0 spiro atoms. The lowest BCUT2D eigenvalue weighted by Crippen LogP contribution is -2.63. The van der Waals surface area contributed by atoms with Crippen LogP contribution in [0, 0.1) is 11.3 Å². The summed E-state index contributed by atoms with van der Waals surface area (Å²) in [7, 11) is 3.29. The summed E-state index contributed by atoms with van der Waals surface area (Å²) < 4.78 is 14.2. The second kappa shape index (κ2) is 19.4. The molecule has 3 N–H and O–H groups in total. The SMILES string of the molecule is CCn1c(-c2cccnc2[C@H](C)OC)c2c3cc(ccc31)-c1csc(n1)C[C@H](NC(=O)[C@H](C(C)C)N(C)C(=O)N1CCN(C(=O)[C@@H]3CN3)CC1)C(=O)N1CCC[C@H](N1)C(=O)OCC(C)(C)C2.